The normalized spacial score (nSPS) is 19.5. The van der Waals surface area contributed by atoms with Gasteiger partial charge >= 0.3 is 0 Å². The number of hydrogen-bond donors (Lipinski definition) is 2. The highest BCUT2D eigenvalue weighted by Crippen LogP contribution is 2.19. The van der Waals surface area contributed by atoms with E-state index < -0.39 is 0 Å². The predicted molar refractivity (Wildman–Crippen MR) is 62.0 cm³/mol. The Kier molecular flexibility index (Phi) is 2.68. The molecule has 17 heavy (non-hydrogen) atoms. The number of hydrogen-bond acceptors (Lipinski definition) is 4. The highest BCUT2D eigenvalue weighted by molar-refractivity contribution is 5.92. The summed E-state index contributed by atoms with van der Waals surface area (Å²) in [7, 11) is 0. The standard InChI is InChI=1S/C12H15N3O2/c16-12(15-8-1-2-8)11-4-3-9(7-14-11)17-10-5-13-6-10/h3-4,7-8,10,13H,1-2,5-6H2,(H,15,16). The molecular formula is C12H15N3O2. The van der Waals surface area contributed by atoms with Gasteiger partial charge in [-0.1, -0.05) is 0 Å². The van der Waals surface area contributed by atoms with E-state index >= 15 is 0 Å². The highest BCUT2D eigenvalue weighted by atomic mass is 16.5. The first-order valence-electron chi connectivity index (χ1n) is 5.95. The summed E-state index contributed by atoms with van der Waals surface area (Å²) >= 11 is 0. The van der Waals surface area contributed by atoms with E-state index in [0.717, 1.165) is 31.7 Å². The quantitative estimate of drug-likeness (QED) is 0.786. The molecule has 1 aromatic rings. The van der Waals surface area contributed by atoms with Gasteiger partial charge in [-0.3, -0.25) is 4.79 Å². The van der Waals surface area contributed by atoms with E-state index in [4.69, 9.17) is 4.74 Å². The summed E-state index contributed by atoms with van der Waals surface area (Å²) in [6, 6.07) is 3.87. The van der Waals surface area contributed by atoms with Gasteiger partial charge in [0.2, 0.25) is 0 Å². The third-order valence-corrected chi connectivity index (χ3v) is 2.93. The van der Waals surface area contributed by atoms with Crippen LogP contribution in [0.2, 0.25) is 0 Å². The second-order valence-electron chi connectivity index (χ2n) is 4.52. The summed E-state index contributed by atoms with van der Waals surface area (Å²) in [6.45, 7) is 1.76. The Morgan fingerprint density at radius 1 is 1.41 bits per heavy atom. The molecule has 0 atom stereocenters. The van der Waals surface area contributed by atoms with Gasteiger partial charge in [0.1, 0.15) is 17.5 Å². The Labute approximate surface area is 99.6 Å². The zero-order valence-corrected chi connectivity index (χ0v) is 9.48. The van der Waals surface area contributed by atoms with E-state index in [1.54, 1.807) is 18.3 Å². The first kappa shape index (κ1) is 10.5. The summed E-state index contributed by atoms with van der Waals surface area (Å²) in [5.41, 5.74) is 0.455. The maximum Gasteiger partial charge on any atom is 0.270 e. The van der Waals surface area contributed by atoms with E-state index in [2.05, 4.69) is 15.6 Å². The molecule has 1 saturated carbocycles. The number of rotatable bonds is 4. The predicted octanol–water partition coefficient (Wildman–Crippen LogP) is 0.324. The van der Waals surface area contributed by atoms with Gasteiger partial charge in [0.05, 0.1) is 6.20 Å². The summed E-state index contributed by atoms with van der Waals surface area (Å²) in [5, 5.41) is 6.03. The number of nitrogens with one attached hydrogen (secondary N) is 2. The molecule has 1 aliphatic carbocycles. The molecule has 3 rings (SSSR count). The molecule has 0 spiro atoms. The van der Waals surface area contributed by atoms with Crippen LogP contribution in [-0.2, 0) is 0 Å². The van der Waals surface area contributed by atoms with Crippen LogP contribution in [0.4, 0.5) is 0 Å². The van der Waals surface area contributed by atoms with Crippen molar-refractivity contribution < 1.29 is 9.53 Å². The van der Waals surface area contributed by atoms with E-state index in [0.29, 0.717) is 11.7 Å². The zero-order valence-electron chi connectivity index (χ0n) is 9.48. The Bertz CT molecular complexity index is 410. The molecule has 2 N–H and O–H groups in total. The SMILES string of the molecule is O=C(NC1CC1)c1ccc(OC2CNC2)cn1. The number of amides is 1. The van der Waals surface area contributed by atoms with Crippen molar-refractivity contribution in [1.82, 2.24) is 15.6 Å². The largest absolute Gasteiger partial charge is 0.486 e. The van der Waals surface area contributed by atoms with Gasteiger partial charge in [0, 0.05) is 19.1 Å². The molecule has 1 amide bonds. The van der Waals surface area contributed by atoms with Crippen LogP contribution < -0.4 is 15.4 Å². The third-order valence-electron chi connectivity index (χ3n) is 2.93. The Balaban J connectivity index is 1.59. The second kappa shape index (κ2) is 4.33. The summed E-state index contributed by atoms with van der Waals surface area (Å²) < 4.78 is 5.62. The van der Waals surface area contributed by atoms with Crippen molar-refractivity contribution in [3.63, 3.8) is 0 Å². The van der Waals surface area contributed by atoms with Crippen LogP contribution in [0, 0.1) is 0 Å². The number of carbonyl (C=O) groups excluding carboxylic acids is 1. The van der Waals surface area contributed by atoms with E-state index in [9.17, 15) is 4.79 Å². The molecule has 1 saturated heterocycles. The number of nitrogens with zero attached hydrogens (tertiary/aromatic N) is 1. The molecule has 2 aliphatic rings. The van der Waals surface area contributed by atoms with Crippen molar-refractivity contribution in [3.8, 4) is 5.75 Å². The fraction of sp³-hybridized carbons (Fsp3) is 0.500. The van der Waals surface area contributed by atoms with Gasteiger partial charge in [-0.05, 0) is 25.0 Å². The van der Waals surface area contributed by atoms with Crippen LogP contribution in [-0.4, -0.2) is 36.1 Å². The van der Waals surface area contributed by atoms with Crippen LogP contribution in [0.1, 0.15) is 23.3 Å². The first-order valence-corrected chi connectivity index (χ1v) is 5.95. The lowest BCUT2D eigenvalue weighted by Crippen LogP contribution is -2.50. The molecule has 5 nitrogen and oxygen atoms in total. The van der Waals surface area contributed by atoms with Gasteiger partial charge in [0.15, 0.2) is 0 Å². The number of carbonyl (C=O) groups is 1. The third kappa shape index (κ3) is 2.55. The molecule has 90 valence electrons. The maximum atomic E-state index is 11.7. The molecule has 1 aliphatic heterocycles. The van der Waals surface area contributed by atoms with Gasteiger partial charge in [0.25, 0.3) is 5.91 Å². The average molecular weight is 233 g/mol. The van der Waals surface area contributed by atoms with Crippen molar-refractivity contribution in [2.45, 2.75) is 25.0 Å². The number of pyridine rings is 1. The molecule has 5 heteroatoms. The minimum atomic E-state index is -0.0932. The maximum absolute atomic E-state index is 11.7. The average Bonchev–Trinajstić information content (AvgIpc) is 3.08. The minimum absolute atomic E-state index is 0.0932. The van der Waals surface area contributed by atoms with Crippen LogP contribution in [0.15, 0.2) is 18.3 Å². The Hall–Kier alpha value is -1.62. The van der Waals surface area contributed by atoms with E-state index in [1.165, 1.54) is 0 Å². The lowest BCUT2D eigenvalue weighted by molar-refractivity contribution is 0.0945. The molecule has 2 heterocycles. The summed E-state index contributed by atoms with van der Waals surface area (Å²) in [4.78, 5) is 15.8. The molecule has 0 aromatic carbocycles. The monoisotopic (exact) mass is 233 g/mol. The minimum Gasteiger partial charge on any atom is -0.486 e. The van der Waals surface area contributed by atoms with Crippen LogP contribution in [0.25, 0.3) is 0 Å². The molecule has 2 fully saturated rings. The Morgan fingerprint density at radius 3 is 2.76 bits per heavy atom. The molecular weight excluding hydrogens is 218 g/mol. The van der Waals surface area contributed by atoms with Crippen molar-refractivity contribution in [1.29, 1.82) is 0 Å². The van der Waals surface area contributed by atoms with Crippen molar-refractivity contribution in [2.24, 2.45) is 0 Å². The van der Waals surface area contributed by atoms with Crippen molar-refractivity contribution in [2.75, 3.05) is 13.1 Å². The van der Waals surface area contributed by atoms with E-state index in [1.807, 2.05) is 0 Å². The highest BCUT2D eigenvalue weighted by Gasteiger charge is 2.24. The summed E-state index contributed by atoms with van der Waals surface area (Å²) in [6.07, 6.45) is 4.02. The van der Waals surface area contributed by atoms with Crippen LogP contribution in [0.3, 0.4) is 0 Å². The van der Waals surface area contributed by atoms with Gasteiger partial charge in [-0.25, -0.2) is 4.98 Å². The van der Waals surface area contributed by atoms with Gasteiger partial charge < -0.3 is 15.4 Å². The van der Waals surface area contributed by atoms with E-state index in [-0.39, 0.29) is 12.0 Å². The Morgan fingerprint density at radius 2 is 2.24 bits per heavy atom. The van der Waals surface area contributed by atoms with Crippen LogP contribution in [0.5, 0.6) is 5.75 Å². The fourth-order valence-corrected chi connectivity index (χ4v) is 1.61. The number of aromatic nitrogens is 1. The van der Waals surface area contributed by atoms with Gasteiger partial charge in [-0.15, -0.1) is 0 Å². The second-order valence-corrected chi connectivity index (χ2v) is 4.52. The molecule has 0 unspecified atom stereocenters. The van der Waals surface area contributed by atoms with Gasteiger partial charge in [-0.2, -0.15) is 0 Å². The lowest BCUT2D eigenvalue weighted by atomic mass is 10.2. The molecule has 0 bridgehead atoms. The topological polar surface area (TPSA) is 63.2 Å². The van der Waals surface area contributed by atoms with Crippen molar-refractivity contribution in [3.05, 3.63) is 24.0 Å². The molecule has 1 aromatic heterocycles. The summed E-state index contributed by atoms with van der Waals surface area (Å²) in [5.74, 6) is 0.629. The first-order chi connectivity index (χ1) is 8.31. The lowest BCUT2D eigenvalue weighted by Gasteiger charge is -2.27. The molecule has 0 radical (unpaired) electrons. The van der Waals surface area contributed by atoms with Crippen LogP contribution >= 0.6 is 0 Å². The fourth-order valence-electron chi connectivity index (χ4n) is 1.61. The number of ether oxygens (including phenoxy) is 1. The van der Waals surface area contributed by atoms with Crippen molar-refractivity contribution >= 4 is 5.91 Å². The smallest absolute Gasteiger partial charge is 0.270 e. The zero-order chi connectivity index (χ0) is 11.7.